The summed E-state index contributed by atoms with van der Waals surface area (Å²) in [6.45, 7) is 0. The molecule has 0 bridgehead atoms. The molecule has 0 aliphatic heterocycles. The summed E-state index contributed by atoms with van der Waals surface area (Å²) < 4.78 is 1.37. The average molecular weight is 301 g/mol. The van der Waals surface area contributed by atoms with Crippen molar-refractivity contribution in [1.82, 2.24) is 20.2 Å². The van der Waals surface area contributed by atoms with Gasteiger partial charge in [0.15, 0.2) is 5.82 Å². The van der Waals surface area contributed by atoms with Crippen molar-refractivity contribution >= 4 is 17.6 Å². The second-order valence-corrected chi connectivity index (χ2v) is 4.68. The summed E-state index contributed by atoms with van der Waals surface area (Å²) in [6.07, 6.45) is 0. The van der Waals surface area contributed by atoms with E-state index in [0.29, 0.717) is 16.5 Å². The topological polar surface area (TPSA) is 80.9 Å². The maximum atomic E-state index is 11.4. The van der Waals surface area contributed by atoms with Gasteiger partial charge in [0.1, 0.15) is 0 Å². The van der Waals surface area contributed by atoms with E-state index in [1.165, 1.54) is 22.9 Å². The van der Waals surface area contributed by atoms with Crippen molar-refractivity contribution in [3.63, 3.8) is 0 Å². The van der Waals surface area contributed by atoms with Gasteiger partial charge in [-0.25, -0.2) is 4.79 Å². The Balaban J connectivity index is 2.21. The lowest BCUT2D eigenvalue weighted by atomic mass is 10.1. The van der Waals surface area contributed by atoms with Gasteiger partial charge in [-0.1, -0.05) is 41.9 Å². The Kier molecular flexibility index (Phi) is 3.37. The Morgan fingerprint density at radius 2 is 1.90 bits per heavy atom. The lowest BCUT2D eigenvalue weighted by Crippen LogP contribution is -2.08. The molecule has 0 fully saturated rings. The molecule has 0 unspecified atom stereocenters. The molecular formula is C14H9ClN4O2. The van der Waals surface area contributed by atoms with Crippen LogP contribution in [0.15, 0.2) is 48.5 Å². The van der Waals surface area contributed by atoms with Gasteiger partial charge in [0.2, 0.25) is 0 Å². The van der Waals surface area contributed by atoms with Crippen molar-refractivity contribution in [2.24, 2.45) is 0 Å². The molecule has 1 aromatic heterocycles. The van der Waals surface area contributed by atoms with Crippen molar-refractivity contribution < 1.29 is 9.90 Å². The molecule has 0 atom stereocenters. The van der Waals surface area contributed by atoms with Crippen molar-refractivity contribution in [3.05, 3.63) is 59.1 Å². The third kappa shape index (κ3) is 2.48. The first-order valence-electron chi connectivity index (χ1n) is 6.04. The van der Waals surface area contributed by atoms with Crippen LogP contribution in [0.2, 0.25) is 5.02 Å². The minimum absolute atomic E-state index is 0.0730. The first-order valence-corrected chi connectivity index (χ1v) is 6.41. The Morgan fingerprint density at radius 3 is 2.62 bits per heavy atom. The number of hydrogen-bond acceptors (Lipinski definition) is 4. The highest BCUT2D eigenvalue weighted by molar-refractivity contribution is 6.30. The number of hydrogen-bond donors (Lipinski definition) is 1. The molecule has 104 valence electrons. The van der Waals surface area contributed by atoms with Gasteiger partial charge >= 0.3 is 5.97 Å². The molecule has 6 nitrogen and oxygen atoms in total. The van der Waals surface area contributed by atoms with E-state index in [0.717, 1.165) is 5.56 Å². The molecule has 0 radical (unpaired) electrons. The third-order valence-corrected chi connectivity index (χ3v) is 3.15. The van der Waals surface area contributed by atoms with Crippen LogP contribution in [0.4, 0.5) is 0 Å². The number of nitrogens with zero attached hydrogens (tertiary/aromatic N) is 4. The lowest BCUT2D eigenvalue weighted by Gasteiger charge is -2.08. The van der Waals surface area contributed by atoms with E-state index in [1.807, 2.05) is 30.3 Å². The number of carboxylic acid groups (broad SMARTS) is 1. The van der Waals surface area contributed by atoms with Crippen LogP contribution in [0.25, 0.3) is 17.1 Å². The predicted molar refractivity (Wildman–Crippen MR) is 76.6 cm³/mol. The molecule has 0 aliphatic carbocycles. The molecule has 0 saturated carbocycles. The summed E-state index contributed by atoms with van der Waals surface area (Å²) in [6, 6.07) is 13.7. The maximum absolute atomic E-state index is 11.4. The second-order valence-electron chi connectivity index (χ2n) is 4.25. The van der Waals surface area contributed by atoms with Gasteiger partial charge in [-0.2, -0.15) is 4.68 Å². The zero-order chi connectivity index (χ0) is 14.8. The second kappa shape index (κ2) is 5.34. The zero-order valence-corrected chi connectivity index (χ0v) is 11.4. The van der Waals surface area contributed by atoms with Gasteiger partial charge in [-0.3, -0.25) is 0 Å². The summed E-state index contributed by atoms with van der Waals surface area (Å²) in [5.74, 6) is -0.628. The number of halogens is 1. The normalized spacial score (nSPS) is 10.5. The molecule has 2 aromatic carbocycles. The summed E-state index contributed by atoms with van der Waals surface area (Å²) in [5, 5.41) is 21.2. The molecule has 3 aromatic rings. The Labute approximate surface area is 124 Å². The molecule has 0 amide bonds. The number of carboxylic acids is 1. The molecule has 0 aliphatic rings. The molecule has 3 rings (SSSR count). The summed E-state index contributed by atoms with van der Waals surface area (Å²) in [5.41, 5.74) is 1.17. The molecule has 1 N–H and O–H groups in total. The molecule has 7 heteroatoms. The highest BCUT2D eigenvalue weighted by Gasteiger charge is 2.17. The van der Waals surface area contributed by atoms with Crippen LogP contribution < -0.4 is 0 Å². The van der Waals surface area contributed by atoms with Gasteiger partial charge in [0.25, 0.3) is 0 Å². The van der Waals surface area contributed by atoms with Gasteiger partial charge in [-0.15, -0.1) is 5.10 Å². The van der Waals surface area contributed by atoms with Gasteiger partial charge in [-0.05, 0) is 28.6 Å². The predicted octanol–water partition coefficient (Wildman–Crippen LogP) is 2.68. The van der Waals surface area contributed by atoms with Crippen LogP contribution in [0.3, 0.4) is 0 Å². The molecule has 0 saturated heterocycles. The fourth-order valence-corrected chi connectivity index (χ4v) is 2.14. The quantitative estimate of drug-likeness (QED) is 0.804. The number of benzene rings is 2. The standard InChI is InChI=1S/C14H9ClN4O2/c15-10-6-7-11(14(20)21)12(8-10)19-13(16-17-18-19)9-4-2-1-3-5-9/h1-8H,(H,20,21). The number of tetrazole rings is 1. The lowest BCUT2D eigenvalue weighted by molar-refractivity contribution is 0.0697. The Morgan fingerprint density at radius 1 is 1.14 bits per heavy atom. The van der Waals surface area contributed by atoms with Crippen LogP contribution >= 0.6 is 11.6 Å². The monoisotopic (exact) mass is 300 g/mol. The van der Waals surface area contributed by atoms with Gasteiger partial charge in [0, 0.05) is 10.6 Å². The molecule has 21 heavy (non-hydrogen) atoms. The van der Waals surface area contributed by atoms with E-state index in [9.17, 15) is 9.90 Å². The largest absolute Gasteiger partial charge is 0.478 e. The Hall–Kier alpha value is -2.73. The van der Waals surface area contributed by atoms with E-state index < -0.39 is 5.97 Å². The van der Waals surface area contributed by atoms with Gasteiger partial charge in [0.05, 0.1) is 11.3 Å². The third-order valence-electron chi connectivity index (χ3n) is 2.92. The highest BCUT2D eigenvalue weighted by Crippen LogP contribution is 2.24. The smallest absolute Gasteiger partial charge is 0.337 e. The first kappa shape index (κ1) is 13.3. The Bertz CT molecular complexity index is 802. The van der Waals surface area contributed by atoms with E-state index in [1.54, 1.807) is 0 Å². The van der Waals surface area contributed by atoms with E-state index in [2.05, 4.69) is 15.5 Å². The van der Waals surface area contributed by atoms with Crippen molar-refractivity contribution in [3.8, 4) is 17.1 Å². The highest BCUT2D eigenvalue weighted by atomic mass is 35.5. The molecule has 1 heterocycles. The average Bonchev–Trinajstić information content (AvgIpc) is 2.97. The maximum Gasteiger partial charge on any atom is 0.337 e. The number of aromatic nitrogens is 4. The fourth-order valence-electron chi connectivity index (χ4n) is 1.98. The SMILES string of the molecule is O=C(O)c1ccc(Cl)cc1-n1nnnc1-c1ccccc1. The van der Waals surface area contributed by atoms with Crippen molar-refractivity contribution in [2.75, 3.05) is 0 Å². The molecular weight excluding hydrogens is 292 g/mol. The van der Waals surface area contributed by atoms with Crippen LogP contribution in [-0.4, -0.2) is 31.3 Å². The number of aromatic carboxylic acids is 1. The van der Waals surface area contributed by atoms with Crippen LogP contribution in [0.1, 0.15) is 10.4 Å². The van der Waals surface area contributed by atoms with Crippen LogP contribution in [0.5, 0.6) is 0 Å². The molecule has 0 spiro atoms. The number of carbonyl (C=O) groups is 1. The van der Waals surface area contributed by atoms with E-state index in [-0.39, 0.29) is 5.56 Å². The van der Waals surface area contributed by atoms with E-state index >= 15 is 0 Å². The number of rotatable bonds is 3. The minimum atomic E-state index is -1.07. The van der Waals surface area contributed by atoms with Gasteiger partial charge < -0.3 is 5.11 Å². The first-order chi connectivity index (χ1) is 10.2. The zero-order valence-electron chi connectivity index (χ0n) is 10.6. The van der Waals surface area contributed by atoms with Crippen molar-refractivity contribution in [2.45, 2.75) is 0 Å². The summed E-state index contributed by atoms with van der Waals surface area (Å²) in [7, 11) is 0. The fraction of sp³-hybridized carbons (Fsp3) is 0. The minimum Gasteiger partial charge on any atom is -0.478 e. The van der Waals surface area contributed by atoms with Crippen LogP contribution in [-0.2, 0) is 0 Å². The van der Waals surface area contributed by atoms with Crippen molar-refractivity contribution in [1.29, 1.82) is 0 Å². The summed E-state index contributed by atoms with van der Waals surface area (Å²) in [4.78, 5) is 11.4. The summed E-state index contributed by atoms with van der Waals surface area (Å²) >= 11 is 5.96. The van der Waals surface area contributed by atoms with E-state index in [4.69, 9.17) is 11.6 Å². The van der Waals surface area contributed by atoms with Crippen LogP contribution in [0, 0.1) is 0 Å².